The van der Waals surface area contributed by atoms with Crippen LogP contribution in [-0.4, -0.2) is 63.7 Å². The van der Waals surface area contributed by atoms with Gasteiger partial charge in [-0.3, -0.25) is 13.7 Å². The first kappa shape index (κ1) is 44.3. The van der Waals surface area contributed by atoms with E-state index in [0.717, 1.165) is 38.6 Å². The molecule has 0 fully saturated rings. The zero-order chi connectivity index (χ0) is 34.6. The predicted molar refractivity (Wildman–Crippen MR) is 188 cm³/mol. The molecule has 0 amide bonds. The van der Waals surface area contributed by atoms with Crippen LogP contribution in [0.4, 0.5) is 0 Å². The molecule has 0 heterocycles. The fourth-order valence-corrected chi connectivity index (χ4v) is 9.52. The first-order valence-corrected chi connectivity index (χ1v) is 20.5. The van der Waals surface area contributed by atoms with Gasteiger partial charge in [-0.05, 0) is 86.1 Å². The van der Waals surface area contributed by atoms with E-state index in [1.807, 2.05) is 13.8 Å². The Balaban J connectivity index is 5.35. The van der Waals surface area contributed by atoms with Gasteiger partial charge in [0.2, 0.25) is 7.37 Å². The lowest BCUT2D eigenvalue weighted by atomic mass is 9.56. The smallest absolute Gasteiger partial charge is 0.360 e. The second-order valence-corrected chi connectivity index (χ2v) is 20.2. The number of unbranched alkanes of at least 4 members (excludes halogenated alkanes) is 3. The molecule has 263 valence electrons. The van der Waals surface area contributed by atoms with Crippen LogP contribution in [-0.2, 0) is 23.1 Å². The van der Waals surface area contributed by atoms with Gasteiger partial charge in [-0.25, -0.2) is 0 Å². The molecule has 44 heavy (non-hydrogen) atoms. The summed E-state index contributed by atoms with van der Waals surface area (Å²) in [6.07, 6.45) is 6.20. The summed E-state index contributed by atoms with van der Waals surface area (Å²) in [4.78, 5) is 22.6. The summed E-state index contributed by atoms with van der Waals surface area (Å²) >= 11 is 0. The van der Waals surface area contributed by atoms with Crippen LogP contribution < -0.4 is 5.32 Å². The minimum absolute atomic E-state index is 0.124. The Hall–Kier alpha value is 0.285. The van der Waals surface area contributed by atoms with Gasteiger partial charge >= 0.3 is 7.60 Å². The zero-order valence-corrected chi connectivity index (χ0v) is 32.8. The van der Waals surface area contributed by atoms with E-state index in [2.05, 4.69) is 61.1 Å². The molecule has 0 bridgehead atoms. The van der Waals surface area contributed by atoms with Crippen molar-refractivity contribution in [2.45, 2.75) is 194 Å². The van der Waals surface area contributed by atoms with Gasteiger partial charge in [0.15, 0.2) is 10.7 Å². The standard InChI is InChI=1S/C33H71BNO7P2/c1-15-18-19-20-21-27(6)43(36,37)33(14,17-3)42-44(38,39)32(13,16-2)41-31(11,12)23-25-40-30(9,10)22-24-35-29(8)34-28(7)26(4)5/h26-29,35H,15-25H2,1-14H3,(H,36,37)(H,38,39). The third kappa shape index (κ3) is 14.2. The van der Waals surface area contributed by atoms with Gasteiger partial charge in [-0.1, -0.05) is 92.8 Å². The molecule has 0 aliphatic heterocycles. The van der Waals surface area contributed by atoms with Crippen LogP contribution in [0.3, 0.4) is 0 Å². The van der Waals surface area contributed by atoms with Crippen molar-refractivity contribution in [2.24, 2.45) is 5.92 Å². The van der Waals surface area contributed by atoms with Crippen molar-refractivity contribution in [1.29, 1.82) is 0 Å². The van der Waals surface area contributed by atoms with E-state index in [-0.39, 0.29) is 18.4 Å². The van der Waals surface area contributed by atoms with Gasteiger partial charge in [-0.2, -0.15) is 0 Å². The molecule has 0 rings (SSSR count). The summed E-state index contributed by atoms with van der Waals surface area (Å²) in [7, 11) is -6.17. The van der Waals surface area contributed by atoms with Crippen LogP contribution >= 0.6 is 15.0 Å². The van der Waals surface area contributed by atoms with Crippen LogP contribution in [0.2, 0.25) is 5.82 Å². The van der Waals surface area contributed by atoms with Gasteiger partial charge in [0.05, 0.1) is 17.8 Å². The molecule has 8 nitrogen and oxygen atoms in total. The zero-order valence-electron chi connectivity index (χ0n) is 31.0. The molecular formula is C33H71BNO7P2. The summed E-state index contributed by atoms with van der Waals surface area (Å²) in [6.45, 7) is 28.5. The average Bonchev–Trinajstić information content (AvgIpc) is 2.89. The second kappa shape index (κ2) is 18.7. The monoisotopic (exact) mass is 666 g/mol. The van der Waals surface area contributed by atoms with Crippen LogP contribution in [0.15, 0.2) is 0 Å². The lowest BCUT2D eigenvalue weighted by molar-refractivity contribution is -0.125. The normalized spacial score (nSPS) is 20.7. The molecule has 0 spiro atoms. The maximum Gasteiger partial charge on any atom is 0.360 e. The Morgan fingerprint density at radius 3 is 1.86 bits per heavy atom. The fourth-order valence-electron chi connectivity index (χ4n) is 5.19. The number of rotatable bonds is 25. The summed E-state index contributed by atoms with van der Waals surface area (Å²) in [5.41, 5.74) is -1.71. The highest BCUT2D eigenvalue weighted by Gasteiger charge is 2.56. The Kier molecular flexibility index (Phi) is 18.8. The average molecular weight is 667 g/mol. The highest BCUT2D eigenvalue weighted by atomic mass is 31.2. The molecule has 0 aromatic carbocycles. The maximum absolute atomic E-state index is 13.9. The van der Waals surface area contributed by atoms with Crippen LogP contribution in [0.5, 0.6) is 0 Å². The van der Waals surface area contributed by atoms with Crippen molar-refractivity contribution in [2.75, 3.05) is 13.2 Å². The molecule has 0 aliphatic rings. The van der Waals surface area contributed by atoms with Crippen molar-refractivity contribution in [1.82, 2.24) is 5.32 Å². The highest BCUT2D eigenvalue weighted by molar-refractivity contribution is 7.61. The molecule has 7 atom stereocenters. The van der Waals surface area contributed by atoms with Gasteiger partial charge in [-0.15, -0.1) is 0 Å². The number of hydrogen-bond acceptors (Lipinski definition) is 6. The predicted octanol–water partition coefficient (Wildman–Crippen LogP) is 9.54. The number of nitrogens with one attached hydrogen (secondary N) is 1. The van der Waals surface area contributed by atoms with Crippen molar-refractivity contribution in [3.63, 3.8) is 0 Å². The van der Waals surface area contributed by atoms with Gasteiger partial charge in [0, 0.05) is 5.66 Å². The number of ether oxygens (including phenoxy) is 2. The lowest BCUT2D eigenvalue weighted by Crippen LogP contribution is -2.43. The quantitative estimate of drug-likeness (QED) is 0.0502. The molecule has 0 saturated carbocycles. The number of hydrogen-bond donors (Lipinski definition) is 3. The summed E-state index contributed by atoms with van der Waals surface area (Å²) in [5.74, 6) is 1.49. The molecule has 1 radical (unpaired) electrons. The SMILES string of the molecule is CCCCCCC(C)P(=O)(O)C(C)(CC)OP(=O)(O)C(C)(CC)OC(C)(C)CCOC(C)(C)CCNC(C)[B]C(C)C(C)C. The van der Waals surface area contributed by atoms with Crippen molar-refractivity contribution >= 4 is 22.2 Å². The van der Waals surface area contributed by atoms with Gasteiger partial charge < -0.3 is 24.6 Å². The Bertz CT molecular complexity index is 919. The molecule has 0 aliphatic carbocycles. The summed E-state index contributed by atoms with van der Waals surface area (Å²) in [6, 6.07) is 0. The van der Waals surface area contributed by atoms with Gasteiger partial charge in [0.25, 0.3) is 0 Å². The van der Waals surface area contributed by atoms with Crippen LogP contribution in [0, 0.1) is 5.92 Å². The van der Waals surface area contributed by atoms with Crippen molar-refractivity contribution in [3.05, 3.63) is 0 Å². The van der Waals surface area contributed by atoms with E-state index in [4.69, 9.17) is 14.0 Å². The Labute approximate surface area is 273 Å². The van der Waals surface area contributed by atoms with E-state index < -0.39 is 36.9 Å². The summed E-state index contributed by atoms with van der Waals surface area (Å²) in [5, 5.41) is 0.326. The van der Waals surface area contributed by atoms with Crippen LogP contribution in [0.25, 0.3) is 0 Å². The third-order valence-electron chi connectivity index (χ3n) is 9.51. The maximum atomic E-state index is 13.9. The molecule has 7 unspecified atom stereocenters. The molecule has 0 saturated heterocycles. The third-order valence-corrected chi connectivity index (χ3v) is 15.1. The largest absolute Gasteiger partial charge is 0.375 e. The van der Waals surface area contributed by atoms with E-state index >= 15 is 0 Å². The second-order valence-electron chi connectivity index (χ2n) is 15.0. The molecule has 11 heteroatoms. The van der Waals surface area contributed by atoms with E-state index in [1.54, 1.807) is 27.7 Å². The van der Waals surface area contributed by atoms with Crippen molar-refractivity contribution < 1.29 is 32.9 Å². The van der Waals surface area contributed by atoms with Gasteiger partial charge in [0.1, 0.15) is 7.28 Å². The van der Waals surface area contributed by atoms with Crippen LogP contribution in [0.1, 0.15) is 155 Å². The van der Waals surface area contributed by atoms with E-state index in [1.165, 1.54) is 6.92 Å². The Morgan fingerprint density at radius 2 is 1.36 bits per heavy atom. The molecule has 0 aromatic heterocycles. The lowest BCUT2D eigenvalue weighted by Gasteiger charge is -2.44. The molecular weight excluding hydrogens is 595 g/mol. The molecule has 0 aromatic rings. The summed E-state index contributed by atoms with van der Waals surface area (Å²) < 4.78 is 46.2. The fraction of sp³-hybridized carbons (Fsp3) is 1.00. The minimum atomic E-state index is -4.53. The first-order chi connectivity index (χ1) is 19.9. The topological polar surface area (TPSA) is 114 Å². The Morgan fingerprint density at radius 1 is 0.795 bits per heavy atom. The minimum Gasteiger partial charge on any atom is -0.375 e. The van der Waals surface area contributed by atoms with E-state index in [0.29, 0.717) is 37.1 Å². The van der Waals surface area contributed by atoms with E-state index in [9.17, 15) is 18.9 Å². The first-order valence-electron chi connectivity index (χ1n) is 17.2. The van der Waals surface area contributed by atoms with Crippen molar-refractivity contribution in [3.8, 4) is 0 Å². The highest BCUT2D eigenvalue weighted by Crippen LogP contribution is 2.70. The molecule has 3 N–H and O–H groups in total.